The van der Waals surface area contributed by atoms with Gasteiger partial charge in [0.15, 0.2) is 6.61 Å². The summed E-state index contributed by atoms with van der Waals surface area (Å²) in [6.07, 6.45) is 2.74. The number of ether oxygens (including phenoxy) is 1. The third-order valence-corrected chi connectivity index (χ3v) is 4.25. The Morgan fingerprint density at radius 1 is 1.07 bits per heavy atom. The van der Waals surface area contributed by atoms with Crippen molar-refractivity contribution >= 4 is 47.1 Å². The molecule has 0 radical (unpaired) electrons. The van der Waals surface area contributed by atoms with E-state index in [0.29, 0.717) is 10.7 Å². The first-order valence-electron chi connectivity index (χ1n) is 8.22. The number of imide groups is 1. The van der Waals surface area contributed by atoms with Crippen molar-refractivity contribution in [3.63, 3.8) is 0 Å². The van der Waals surface area contributed by atoms with Crippen LogP contribution in [0.3, 0.4) is 0 Å². The van der Waals surface area contributed by atoms with E-state index < -0.39 is 24.4 Å². The summed E-state index contributed by atoms with van der Waals surface area (Å²) >= 11 is 5.78. The van der Waals surface area contributed by atoms with Crippen LogP contribution in [-0.2, 0) is 14.3 Å². The number of amides is 3. The van der Waals surface area contributed by atoms with Crippen molar-refractivity contribution in [1.82, 2.24) is 4.90 Å². The molecule has 0 saturated heterocycles. The second-order valence-corrected chi connectivity index (χ2v) is 6.41. The molecule has 1 heterocycles. The maximum Gasteiger partial charge on any atom is 0.331 e. The largest absolute Gasteiger partial charge is 0.452 e. The van der Waals surface area contributed by atoms with Gasteiger partial charge in [0.05, 0.1) is 11.1 Å². The zero-order chi connectivity index (χ0) is 20.3. The average Bonchev–Trinajstić information content (AvgIpc) is 2.90. The molecule has 0 bridgehead atoms. The maximum atomic E-state index is 12.0. The molecule has 1 aliphatic heterocycles. The molecular weight excluding hydrogens is 384 g/mol. The van der Waals surface area contributed by atoms with Crippen LogP contribution in [0.2, 0.25) is 5.02 Å². The topological polar surface area (TPSA) is 92.8 Å². The minimum absolute atomic E-state index is 0.216. The van der Waals surface area contributed by atoms with E-state index in [9.17, 15) is 19.2 Å². The Hall–Kier alpha value is -3.45. The molecule has 28 heavy (non-hydrogen) atoms. The van der Waals surface area contributed by atoms with E-state index in [4.69, 9.17) is 16.3 Å². The molecule has 0 aliphatic carbocycles. The molecule has 0 unspecified atom stereocenters. The number of esters is 1. The van der Waals surface area contributed by atoms with Crippen LogP contribution in [0.15, 0.2) is 48.5 Å². The van der Waals surface area contributed by atoms with Crippen LogP contribution in [0.5, 0.6) is 0 Å². The predicted molar refractivity (Wildman–Crippen MR) is 103 cm³/mol. The third kappa shape index (κ3) is 4.27. The molecule has 2 aromatic carbocycles. The van der Waals surface area contributed by atoms with Crippen molar-refractivity contribution in [2.45, 2.75) is 0 Å². The molecule has 3 rings (SSSR count). The molecule has 0 atom stereocenters. The van der Waals surface area contributed by atoms with Gasteiger partial charge in [-0.05, 0) is 42.0 Å². The summed E-state index contributed by atoms with van der Waals surface area (Å²) in [5.74, 6) is -2.08. The van der Waals surface area contributed by atoms with Gasteiger partial charge in [-0.15, -0.1) is 0 Å². The standard InChI is InChI=1S/C20H15ClN2O5/c1-23-19(26)15-8-7-14(10-16(15)20(23)27)22-17(24)11-28-18(25)9-4-12-2-5-13(21)6-3-12/h2-10H,11H2,1H3,(H,22,24)/b9-4+. The quantitative estimate of drug-likeness (QED) is 0.475. The minimum atomic E-state index is -0.679. The van der Waals surface area contributed by atoms with Gasteiger partial charge in [-0.2, -0.15) is 0 Å². The highest BCUT2D eigenvalue weighted by molar-refractivity contribution is 6.30. The van der Waals surface area contributed by atoms with E-state index >= 15 is 0 Å². The van der Waals surface area contributed by atoms with E-state index in [-0.39, 0.29) is 17.0 Å². The van der Waals surface area contributed by atoms with E-state index in [2.05, 4.69) is 5.32 Å². The second-order valence-electron chi connectivity index (χ2n) is 5.97. The van der Waals surface area contributed by atoms with Crippen LogP contribution in [-0.4, -0.2) is 42.2 Å². The summed E-state index contributed by atoms with van der Waals surface area (Å²) in [5, 5.41) is 3.10. The highest BCUT2D eigenvalue weighted by Crippen LogP contribution is 2.24. The number of nitrogens with one attached hydrogen (secondary N) is 1. The van der Waals surface area contributed by atoms with Crippen LogP contribution in [0.25, 0.3) is 6.08 Å². The van der Waals surface area contributed by atoms with Gasteiger partial charge >= 0.3 is 5.97 Å². The number of halogens is 1. The molecule has 8 heteroatoms. The van der Waals surface area contributed by atoms with Gasteiger partial charge in [0.2, 0.25) is 0 Å². The van der Waals surface area contributed by atoms with Gasteiger partial charge in [0.1, 0.15) is 0 Å². The van der Waals surface area contributed by atoms with Gasteiger partial charge in [0.25, 0.3) is 17.7 Å². The normalized spacial score (nSPS) is 13.0. The number of rotatable bonds is 5. The lowest BCUT2D eigenvalue weighted by Gasteiger charge is -2.06. The van der Waals surface area contributed by atoms with Crippen LogP contribution in [0.1, 0.15) is 26.3 Å². The van der Waals surface area contributed by atoms with Crippen molar-refractivity contribution in [1.29, 1.82) is 0 Å². The van der Waals surface area contributed by atoms with Gasteiger partial charge in [-0.25, -0.2) is 4.79 Å². The minimum Gasteiger partial charge on any atom is -0.452 e. The molecule has 0 saturated carbocycles. The molecule has 0 spiro atoms. The molecular formula is C20H15ClN2O5. The number of carbonyl (C=O) groups excluding carboxylic acids is 4. The van der Waals surface area contributed by atoms with E-state index in [1.54, 1.807) is 24.3 Å². The van der Waals surface area contributed by atoms with Crippen molar-refractivity contribution < 1.29 is 23.9 Å². The van der Waals surface area contributed by atoms with Crippen LogP contribution in [0.4, 0.5) is 5.69 Å². The lowest BCUT2D eigenvalue weighted by molar-refractivity contribution is -0.142. The predicted octanol–water partition coefficient (Wildman–Crippen LogP) is 2.76. The monoisotopic (exact) mass is 398 g/mol. The van der Waals surface area contributed by atoms with Gasteiger partial charge in [0, 0.05) is 23.8 Å². The summed E-state index contributed by atoms with van der Waals surface area (Å²) in [7, 11) is 1.39. The summed E-state index contributed by atoms with van der Waals surface area (Å²) in [4.78, 5) is 48.5. The molecule has 2 aromatic rings. The summed E-state index contributed by atoms with van der Waals surface area (Å²) in [5.41, 5.74) is 1.58. The zero-order valence-corrected chi connectivity index (χ0v) is 15.5. The second kappa shape index (κ2) is 8.06. The first-order chi connectivity index (χ1) is 13.3. The molecule has 7 nitrogen and oxygen atoms in total. The van der Waals surface area contributed by atoms with Crippen molar-refractivity contribution in [2.24, 2.45) is 0 Å². The van der Waals surface area contributed by atoms with Crippen molar-refractivity contribution in [3.05, 3.63) is 70.3 Å². The van der Waals surface area contributed by atoms with Gasteiger partial charge < -0.3 is 10.1 Å². The fourth-order valence-electron chi connectivity index (χ4n) is 2.56. The Morgan fingerprint density at radius 3 is 2.46 bits per heavy atom. The molecule has 142 valence electrons. The van der Waals surface area contributed by atoms with Crippen LogP contribution >= 0.6 is 11.6 Å². The number of fused-ring (bicyclic) bond motifs is 1. The van der Waals surface area contributed by atoms with E-state index in [0.717, 1.165) is 10.5 Å². The lowest BCUT2D eigenvalue weighted by Crippen LogP contribution is -2.24. The fraction of sp³-hybridized carbons (Fsp3) is 0.100. The zero-order valence-electron chi connectivity index (χ0n) is 14.8. The Labute approximate surface area is 165 Å². The molecule has 1 aliphatic rings. The Kier molecular flexibility index (Phi) is 5.56. The highest BCUT2D eigenvalue weighted by Gasteiger charge is 2.32. The van der Waals surface area contributed by atoms with Crippen molar-refractivity contribution in [3.8, 4) is 0 Å². The number of nitrogens with zero attached hydrogens (tertiary/aromatic N) is 1. The maximum absolute atomic E-state index is 12.0. The molecule has 0 fully saturated rings. The Morgan fingerprint density at radius 2 is 1.75 bits per heavy atom. The van der Waals surface area contributed by atoms with Gasteiger partial charge in [-0.1, -0.05) is 23.7 Å². The number of anilines is 1. The highest BCUT2D eigenvalue weighted by atomic mass is 35.5. The Balaban J connectivity index is 1.53. The van der Waals surface area contributed by atoms with Gasteiger partial charge in [-0.3, -0.25) is 19.3 Å². The molecule has 0 aromatic heterocycles. The first kappa shape index (κ1) is 19.3. The summed E-state index contributed by atoms with van der Waals surface area (Å²) < 4.78 is 4.88. The number of carbonyl (C=O) groups is 4. The Bertz CT molecular complexity index is 998. The SMILES string of the molecule is CN1C(=O)c2ccc(NC(=O)COC(=O)/C=C/c3ccc(Cl)cc3)cc2C1=O. The number of benzene rings is 2. The van der Waals surface area contributed by atoms with Crippen molar-refractivity contribution in [2.75, 3.05) is 19.0 Å². The average molecular weight is 399 g/mol. The van der Waals surface area contributed by atoms with Crippen LogP contribution in [0, 0.1) is 0 Å². The van der Waals surface area contributed by atoms with E-state index in [1.165, 1.54) is 37.4 Å². The summed E-state index contributed by atoms with van der Waals surface area (Å²) in [6, 6.07) is 11.2. The molecule has 3 amide bonds. The lowest BCUT2D eigenvalue weighted by atomic mass is 10.1. The molecule has 1 N–H and O–H groups in total. The third-order valence-electron chi connectivity index (χ3n) is 4.00. The first-order valence-corrected chi connectivity index (χ1v) is 8.59. The smallest absolute Gasteiger partial charge is 0.331 e. The summed E-state index contributed by atoms with van der Waals surface area (Å²) in [6.45, 7) is -0.492. The number of hydrogen-bond acceptors (Lipinski definition) is 5. The number of hydrogen-bond donors (Lipinski definition) is 1. The van der Waals surface area contributed by atoms with Crippen LogP contribution < -0.4 is 5.32 Å². The fourth-order valence-corrected chi connectivity index (χ4v) is 2.69. The van der Waals surface area contributed by atoms with E-state index in [1.807, 2.05) is 0 Å².